The van der Waals surface area contributed by atoms with Crippen LogP contribution in [0.3, 0.4) is 0 Å². The van der Waals surface area contributed by atoms with Crippen LogP contribution in [0, 0.1) is 0 Å². The number of benzene rings is 1. The molecule has 0 fully saturated rings. The van der Waals surface area contributed by atoms with Gasteiger partial charge in [-0.25, -0.2) is 4.79 Å². The zero-order valence-electron chi connectivity index (χ0n) is 12.4. The highest BCUT2D eigenvalue weighted by atomic mass is 19.4. The van der Waals surface area contributed by atoms with Crippen molar-refractivity contribution in [2.45, 2.75) is 12.6 Å². The predicted octanol–water partition coefficient (Wildman–Crippen LogP) is 2.16. The second kappa shape index (κ2) is 6.35. The molecule has 0 unspecified atom stereocenters. The van der Waals surface area contributed by atoms with E-state index in [1.165, 1.54) is 6.07 Å². The first-order chi connectivity index (χ1) is 10.8. The Morgan fingerprint density at radius 2 is 1.87 bits per heavy atom. The van der Waals surface area contributed by atoms with Crippen LogP contribution < -0.4 is 14.4 Å². The van der Waals surface area contributed by atoms with Crippen molar-refractivity contribution in [1.82, 2.24) is 0 Å². The highest BCUT2D eigenvalue weighted by molar-refractivity contribution is 6.00. The van der Waals surface area contributed by atoms with Crippen molar-refractivity contribution < 1.29 is 37.0 Å². The highest BCUT2D eigenvalue weighted by Crippen LogP contribution is 2.38. The Hall–Kier alpha value is -2.45. The van der Waals surface area contributed by atoms with E-state index >= 15 is 0 Å². The van der Waals surface area contributed by atoms with E-state index in [0.717, 1.165) is 20.2 Å². The first kappa shape index (κ1) is 16.9. The topological polar surface area (TPSA) is 65.1 Å². The monoisotopic (exact) mass is 333 g/mol. The Morgan fingerprint density at radius 3 is 2.48 bits per heavy atom. The third kappa shape index (κ3) is 3.49. The van der Waals surface area contributed by atoms with Gasteiger partial charge in [-0.1, -0.05) is 0 Å². The number of hydrogen-bond acceptors (Lipinski definition) is 5. The number of alkyl halides is 3. The summed E-state index contributed by atoms with van der Waals surface area (Å²) in [6, 6.07) is 2.32. The van der Waals surface area contributed by atoms with Crippen molar-refractivity contribution in [2.75, 3.05) is 32.3 Å². The first-order valence-corrected chi connectivity index (χ1v) is 6.62. The number of halogens is 3. The maximum atomic E-state index is 12.6. The number of fused-ring (bicyclic) bond motifs is 1. The van der Waals surface area contributed by atoms with Crippen molar-refractivity contribution >= 4 is 17.6 Å². The highest BCUT2D eigenvalue weighted by Gasteiger charge is 2.42. The molecule has 9 heteroatoms. The molecule has 0 saturated carbocycles. The molecule has 0 aliphatic carbocycles. The molecule has 1 aromatic carbocycles. The third-order valence-electron chi connectivity index (χ3n) is 3.17. The van der Waals surface area contributed by atoms with E-state index in [-0.39, 0.29) is 36.0 Å². The van der Waals surface area contributed by atoms with Crippen molar-refractivity contribution in [1.29, 1.82) is 0 Å². The van der Waals surface area contributed by atoms with Gasteiger partial charge < -0.3 is 19.1 Å². The number of nitrogens with zero attached hydrogens (tertiary/aromatic N) is 1. The van der Waals surface area contributed by atoms with Crippen molar-refractivity contribution in [2.24, 2.45) is 0 Å². The van der Waals surface area contributed by atoms with Gasteiger partial charge in [0.05, 0.1) is 20.3 Å². The summed E-state index contributed by atoms with van der Waals surface area (Å²) in [6.07, 6.45) is -4.49. The number of methoxy groups -OCH3 is 1. The van der Waals surface area contributed by atoms with E-state index in [1.54, 1.807) is 0 Å². The van der Waals surface area contributed by atoms with Gasteiger partial charge in [0, 0.05) is 25.2 Å². The van der Waals surface area contributed by atoms with Crippen LogP contribution in [-0.4, -0.2) is 45.4 Å². The van der Waals surface area contributed by atoms with Gasteiger partial charge in [-0.3, -0.25) is 4.79 Å². The summed E-state index contributed by atoms with van der Waals surface area (Å²) >= 11 is 0. The average molecular weight is 333 g/mol. The standard InChI is InChI=1S/C14H14F3NO5/c1-18(13(20)14(15,16)17)8-6-9(12(19)21-2)11-10(7-8)22-4-3-5-23-11/h6-7H,3-5H2,1-2H3. The van der Waals surface area contributed by atoms with Crippen LogP contribution in [0.15, 0.2) is 12.1 Å². The van der Waals surface area contributed by atoms with Crippen LogP contribution in [0.25, 0.3) is 0 Å². The molecule has 1 aromatic rings. The van der Waals surface area contributed by atoms with Gasteiger partial charge in [0.2, 0.25) is 0 Å². The fraction of sp³-hybridized carbons (Fsp3) is 0.429. The molecule has 6 nitrogen and oxygen atoms in total. The fourth-order valence-corrected chi connectivity index (χ4v) is 2.02. The lowest BCUT2D eigenvalue weighted by atomic mass is 10.1. The molecule has 0 aromatic heterocycles. The molecule has 23 heavy (non-hydrogen) atoms. The number of carbonyl (C=O) groups excluding carboxylic acids is 2. The van der Waals surface area contributed by atoms with Crippen LogP contribution in [0.1, 0.15) is 16.8 Å². The number of esters is 1. The minimum absolute atomic E-state index is 0.0854. The third-order valence-corrected chi connectivity index (χ3v) is 3.17. The van der Waals surface area contributed by atoms with Gasteiger partial charge in [0.15, 0.2) is 11.5 Å². The molecule has 1 heterocycles. The van der Waals surface area contributed by atoms with Gasteiger partial charge in [0.25, 0.3) is 0 Å². The van der Waals surface area contributed by atoms with Crippen LogP contribution >= 0.6 is 0 Å². The van der Waals surface area contributed by atoms with Crippen LogP contribution in [-0.2, 0) is 9.53 Å². The number of hydrogen-bond donors (Lipinski definition) is 0. The Balaban J connectivity index is 2.51. The zero-order chi connectivity index (χ0) is 17.2. The van der Waals surface area contributed by atoms with E-state index in [2.05, 4.69) is 4.74 Å². The lowest BCUT2D eigenvalue weighted by Crippen LogP contribution is -2.38. The Morgan fingerprint density at radius 1 is 1.22 bits per heavy atom. The Kier molecular flexibility index (Phi) is 4.67. The second-order valence-corrected chi connectivity index (χ2v) is 4.72. The van der Waals surface area contributed by atoms with Crippen molar-refractivity contribution in [3.05, 3.63) is 17.7 Å². The summed E-state index contributed by atoms with van der Waals surface area (Å²) in [5.74, 6) is -2.70. The minimum atomic E-state index is -5.04. The summed E-state index contributed by atoms with van der Waals surface area (Å²) in [5.41, 5.74) is -0.263. The minimum Gasteiger partial charge on any atom is -0.489 e. The molecular formula is C14H14F3NO5. The van der Waals surface area contributed by atoms with Gasteiger partial charge in [-0.05, 0) is 6.07 Å². The van der Waals surface area contributed by atoms with Crippen LogP contribution in [0.2, 0.25) is 0 Å². The summed E-state index contributed by atoms with van der Waals surface area (Å²) < 4.78 is 53.1. The Labute approximate surface area is 129 Å². The first-order valence-electron chi connectivity index (χ1n) is 6.62. The molecule has 0 radical (unpaired) electrons. The smallest absolute Gasteiger partial charge is 0.471 e. The van der Waals surface area contributed by atoms with Crippen molar-refractivity contribution in [3.63, 3.8) is 0 Å². The molecule has 0 atom stereocenters. The van der Waals surface area contributed by atoms with E-state index in [4.69, 9.17) is 9.47 Å². The molecule has 0 bridgehead atoms. The molecule has 126 valence electrons. The summed E-state index contributed by atoms with van der Waals surface area (Å²) in [4.78, 5) is 23.6. The number of anilines is 1. The molecule has 1 amide bonds. The quantitative estimate of drug-likeness (QED) is 0.776. The molecule has 0 saturated heterocycles. The van der Waals surface area contributed by atoms with E-state index in [0.29, 0.717) is 11.3 Å². The van der Waals surface area contributed by atoms with Gasteiger partial charge >= 0.3 is 18.1 Å². The molecule has 1 aliphatic heterocycles. The summed E-state index contributed by atoms with van der Waals surface area (Å²) in [5, 5.41) is 0. The number of rotatable bonds is 2. The summed E-state index contributed by atoms with van der Waals surface area (Å²) in [7, 11) is 2.08. The van der Waals surface area contributed by atoms with Gasteiger partial charge in [-0.2, -0.15) is 13.2 Å². The lowest BCUT2D eigenvalue weighted by Gasteiger charge is -2.21. The fourth-order valence-electron chi connectivity index (χ4n) is 2.02. The van der Waals surface area contributed by atoms with E-state index in [9.17, 15) is 22.8 Å². The van der Waals surface area contributed by atoms with E-state index in [1.807, 2.05) is 0 Å². The zero-order valence-corrected chi connectivity index (χ0v) is 12.4. The average Bonchev–Trinajstić information content (AvgIpc) is 2.75. The molecule has 0 N–H and O–H groups in total. The SMILES string of the molecule is COC(=O)c1cc(N(C)C(=O)C(F)(F)F)cc2c1OCCCO2. The maximum absolute atomic E-state index is 12.6. The normalized spacial score (nSPS) is 14.0. The number of ether oxygens (including phenoxy) is 3. The van der Waals surface area contributed by atoms with Gasteiger partial charge in [0.1, 0.15) is 5.56 Å². The van der Waals surface area contributed by atoms with E-state index < -0.39 is 18.1 Å². The summed E-state index contributed by atoms with van der Waals surface area (Å²) in [6.45, 7) is 0.557. The van der Waals surface area contributed by atoms with Crippen LogP contribution in [0.5, 0.6) is 11.5 Å². The largest absolute Gasteiger partial charge is 0.489 e. The maximum Gasteiger partial charge on any atom is 0.471 e. The van der Waals surface area contributed by atoms with Crippen molar-refractivity contribution in [3.8, 4) is 11.5 Å². The molecule has 2 rings (SSSR count). The second-order valence-electron chi connectivity index (χ2n) is 4.72. The van der Waals surface area contributed by atoms with Crippen LogP contribution in [0.4, 0.5) is 18.9 Å². The molecule has 1 aliphatic rings. The van der Waals surface area contributed by atoms with Gasteiger partial charge in [-0.15, -0.1) is 0 Å². The molecular weight excluding hydrogens is 319 g/mol. The number of carbonyl (C=O) groups is 2. The number of amides is 1. The molecule has 0 spiro atoms. The lowest BCUT2D eigenvalue weighted by molar-refractivity contribution is -0.170. The Bertz CT molecular complexity index is 630. The predicted molar refractivity (Wildman–Crippen MR) is 72.9 cm³/mol.